The quantitative estimate of drug-likeness (QED) is 0.835. The summed E-state index contributed by atoms with van der Waals surface area (Å²) in [6.07, 6.45) is 0. The highest BCUT2D eigenvalue weighted by Gasteiger charge is 2.07. The lowest BCUT2D eigenvalue weighted by Crippen LogP contribution is -2.32. The van der Waals surface area contributed by atoms with Crippen LogP contribution in [-0.2, 0) is 0 Å². The Morgan fingerprint density at radius 2 is 1.86 bits per heavy atom. The number of benzene rings is 1. The largest absolute Gasteiger partial charge is 0.492 e. The lowest BCUT2D eigenvalue weighted by Gasteiger charge is -2.16. The number of hydrogen-bond donors (Lipinski definition) is 1. The molecule has 1 rings (SSSR count). The zero-order valence-electron chi connectivity index (χ0n) is 8.53. The number of hydrogen-bond acceptors (Lipinski definition) is 2. The molecule has 3 heteroatoms. The molecule has 0 aliphatic carbocycles. The molecule has 0 aliphatic rings. The van der Waals surface area contributed by atoms with Crippen LogP contribution >= 0.6 is 11.6 Å². The third-order valence-corrected chi connectivity index (χ3v) is 2.36. The predicted octanol–water partition coefficient (Wildman–Crippen LogP) is 2.70. The highest BCUT2D eigenvalue weighted by molar-refractivity contribution is 6.30. The molecule has 78 valence electrons. The Hall–Kier alpha value is -0.730. The molecule has 14 heavy (non-hydrogen) atoms. The van der Waals surface area contributed by atoms with Crippen LogP contribution in [0.25, 0.3) is 0 Å². The summed E-state index contributed by atoms with van der Waals surface area (Å²) in [5, 5.41) is 0.713. The lowest BCUT2D eigenvalue weighted by atomic mass is 10.1. The van der Waals surface area contributed by atoms with Gasteiger partial charge in [-0.2, -0.15) is 0 Å². The van der Waals surface area contributed by atoms with E-state index < -0.39 is 0 Å². The van der Waals surface area contributed by atoms with Crippen molar-refractivity contribution in [3.8, 4) is 5.75 Å². The third-order valence-electron chi connectivity index (χ3n) is 2.11. The van der Waals surface area contributed by atoms with Gasteiger partial charge in [-0.25, -0.2) is 0 Å². The molecule has 0 amide bonds. The number of nitrogens with two attached hydrogens (primary N) is 1. The third kappa shape index (κ3) is 3.56. The van der Waals surface area contributed by atoms with Crippen molar-refractivity contribution < 1.29 is 4.74 Å². The van der Waals surface area contributed by atoms with Crippen LogP contribution in [-0.4, -0.2) is 12.6 Å². The van der Waals surface area contributed by atoms with Gasteiger partial charge in [0.2, 0.25) is 0 Å². The van der Waals surface area contributed by atoms with Gasteiger partial charge in [0.1, 0.15) is 12.4 Å². The van der Waals surface area contributed by atoms with Crippen LogP contribution in [0.15, 0.2) is 24.3 Å². The van der Waals surface area contributed by atoms with E-state index in [-0.39, 0.29) is 6.04 Å². The lowest BCUT2D eigenvalue weighted by molar-refractivity contribution is 0.259. The van der Waals surface area contributed by atoms with Crippen molar-refractivity contribution in [3.05, 3.63) is 29.3 Å². The van der Waals surface area contributed by atoms with E-state index in [4.69, 9.17) is 22.1 Å². The maximum absolute atomic E-state index is 5.84. The van der Waals surface area contributed by atoms with Crippen LogP contribution in [0.3, 0.4) is 0 Å². The van der Waals surface area contributed by atoms with E-state index in [0.717, 1.165) is 5.75 Å². The van der Waals surface area contributed by atoms with Crippen molar-refractivity contribution in [1.29, 1.82) is 0 Å². The molecule has 0 spiro atoms. The fourth-order valence-electron chi connectivity index (χ4n) is 0.916. The Morgan fingerprint density at radius 3 is 2.36 bits per heavy atom. The summed E-state index contributed by atoms with van der Waals surface area (Å²) in [5.41, 5.74) is 5.84. The smallest absolute Gasteiger partial charge is 0.119 e. The Bertz CT molecular complexity index is 271. The summed E-state index contributed by atoms with van der Waals surface area (Å²) in [5.74, 6) is 1.24. The van der Waals surface area contributed by atoms with Gasteiger partial charge in [0.15, 0.2) is 0 Å². The highest BCUT2D eigenvalue weighted by atomic mass is 35.5. The van der Waals surface area contributed by atoms with Crippen molar-refractivity contribution in [3.63, 3.8) is 0 Å². The molecule has 0 aliphatic heterocycles. The van der Waals surface area contributed by atoms with E-state index in [9.17, 15) is 0 Å². The molecule has 0 saturated heterocycles. The van der Waals surface area contributed by atoms with Gasteiger partial charge in [-0.05, 0) is 30.2 Å². The molecule has 1 aromatic rings. The molecule has 0 heterocycles. The molecule has 0 saturated carbocycles. The molecule has 1 unspecified atom stereocenters. The van der Waals surface area contributed by atoms with Crippen LogP contribution in [0.2, 0.25) is 5.02 Å². The molecule has 1 atom stereocenters. The summed E-state index contributed by atoms with van der Waals surface area (Å²) in [4.78, 5) is 0. The van der Waals surface area contributed by atoms with Crippen molar-refractivity contribution in [2.24, 2.45) is 11.7 Å². The summed E-state index contributed by atoms with van der Waals surface area (Å²) >= 11 is 5.74. The van der Waals surface area contributed by atoms with Crippen LogP contribution in [0, 0.1) is 5.92 Å². The maximum Gasteiger partial charge on any atom is 0.119 e. The minimum absolute atomic E-state index is 0.0747. The minimum Gasteiger partial charge on any atom is -0.492 e. The predicted molar refractivity (Wildman–Crippen MR) is 59.8 cm³/mol. The number of rotatable bonds is 4. The van der Waals surface area contributed by atoms with Gasteiger partial charge in [-0.3, -0.25) is 0 Å². The van der Waals surface area contributed by atoms with Crippen molar-refractivity contribution in [1.82, 2.24) is 0 Å². The second kappa shape index (κ2) is 5.23. The molecule has 0 fully saturated rings. The summed E-state index contributed by atoms with van der Waals surface area (Å²) in [7, 11) is 0. The Labute approximate surface area is 90.0 Å². The summed E-state index contributed by atoms with van der Waals surface area (Å²) < 4.78 is 5.50. The van der Waals surface area contributed by atoms with Gasteiger partial charge in [-0.15, -0.1) is 0 Å². The second-order valence-corrected chi connectivity index (χ2v) is 4.11. The van der Waals surface area contributed by atoms with E-state index in [1.807, 2.05) is 12.1 Å². The summed E-state index contributed by atoms with van der Waals surface area (Å²) in [6.45, 7) is 4.70. The molecular formula is C11H16ClNO. The summed E-state index contributed by atoms with van der Waals surface area (Å²) in [6, 6.07) is 7.37. The number of halogens is 1. The zero-order chi connectivity index (χ0) is 10.6. The van der Waals surface area contributed by atoms with Crippen molar-refractivity contribution in [2.45, 2.75) is 19.9 Å². The fraction of sp³-hybridized carbons (Fsp3) is 0.455. The Morgan fingerprint density at radius 1 is 1.29 bits per heavy atom. The van der Waals surface area contributed by atoms with E-state index in [1.165, 1.54) is 0 Å². The van der Waals surface area contributed by atoms with Crippen LogP contribution in [0.1, 0.15) is 13.8 Å². The van der Waals surface area contributed by atoms with Gasteiger partial charge in [0.05, 0.1) is 0 Å². The zero-order valence-corrected chi connectivity index (χ0v) is 9.29. The molecule has 0 bridgehead atoms. The normalized spacial score (nSPS) is 12.9. The van der Waals surface area contributed by atoms with Gasteiger partial charge in [-0.1, -0.05) is 25.4 Å². The van der Waals surface area contributed by atoms with E-state index in [1.54, 1.807) is 12.1 Å². The van der Waals surface area contributed by atoms with Crippen molar-refractivity contribution >= 4 is 11.6 Å². The molecule has 2 nitrogen and oxygen atoms in total. The Kier molecular flexibility index (Phi) is 4.23. The first kappa shape index (κ1) is 11.3. The minimum atomic E-state index is 0.0747. The second-order valence-electron chi connectivity index (χ2n) is 3.67. The topological polar surface area (TPSA) is 35.2 Å². The van der Waals surface area contributed by atoms with Gasteiger partial charge >= 0.3 is 0 Å². The first-order valence-corrected chi connectivity index (χ1v) is 5.11. The molecule has 0 radical (unpaired) electrons. The first-order valence-electron chi connectivity index (χ1n) is 4.73. The van der Waals surface area contributed by atoms with E-state index in [2.05, 4.69) is 13.8 Å². The average molecular weight is 214 g/mol. The van der Waals surface area contributed by atoms with Gasteiger partial charge in [0.25, 0.3) is 0 Å². The fourth-order valence-corrected chi connectivity index (χ4v) is 1.04. The van der Waals surface area contributed by atoms with Crippen LogP contribution in [0.5, 0.6) is 5.75 Å². The maximum atomic E-state index is 5.84. The molecule has 2 N–H and O–H groups in total. The molecule has 1 aromatic carbocycles. The van der Waals surface area contributed by atoms with Gasteiger partial charge < -0.3 is 10.5 Å². The Balaban J connectivity index is 2.42. The number of ether oxygens (including phenoxy) is 1. The van der Waals surface area contributed by atoms with E-state index >= 15 is 0 Å². The van der Waals surface area contributed by atoms with Crippen LogP contribution < -0.4 is 10.5 Å². The monoisotopic (exact) mass is 213 g/mol. The highest BCUT2D eigenvalue weighted by Crippen LogP contribution is 2.15. The molecular weight excluding hydrogens is 198 g/mol. The SMILES string of the molecule is CC(C)C(N)COc1ccc(Cl)cc1. The first-order chi connectivity index (χ1) is 6.59. The molecule has 0 aromatic heterocycles. The van der Waals surface area contributed by atoms with Crippen LogP contribution in [0.4, 0.5) is 0 Å². The average Bonchev–Trinajstić information content (AvgIpc) is 2.16. The standard InChI is InChI=1S/C11H16ClNO/c1-8(2)11(13)7-14-10-5-3-9(12)4-6-10/h3-6,8,11H,7,13H2,1-2H3. The van der Waals surface area contributed by atoms with Crippen molar-refractivity contribution in [2.75, 3.05) is 6.61 Å². The van der Waals surface area contributed by atoms with Gasteiger partial charge in [0, 0.05) is 11.1 Å². The van der Waals surface area contributed by atoms with E-state index in [0.29, 0.717) is 17.5 Å².